The highest BCUT2D eigenvalue weighted by atomic mass is 16.7. The van der Waals surface area contributed by atoms with E-state index in [1.54, 1.807) is 12.1 Å². The molecular formula is C33H39N3O7. The first-order valence-corrected chi connectivity index (χ1v) is 14.6. The van der Waals surface area contributed by atoms with Crippen molar-refractivity contribution in [3.8, 4) is 0 Å². The van der Waals surface area contributed by atoms with E-state index < -0.39 is 24.3 Å². The van der Waals surface area contributed by atoms with Gasteiger partial charge < -0.3 is 35.1 Å². The van der Waals surface area contributed by atoms with Crippen molar-refractivity contribution in [1.29, 1.82) is 0 Å². The third kappa shape index (κ3) is 8.40. The maximum atomic E-state index is 12.9. The molecule has 10 nitrogen and oxygen atoms in total. The molecule has 0 saturated carbocycles. The minimum absolute atomic E-state index is 0.0303. The summed E-state index contributed by atoms with van der Waals surface area (Å²) in [5.41, 5.74) is 3.95. The van der Waals surface area contributed by atoms with Crippen LogP contribution in [-0.4, -0.2) is 72.1 Å². The Bertz CT molecular complexity index is 1350. The molecule has 4 N–H and O–H groups in total. The van der Waals surface area contributed by atoms with Crippen molar-refractivity contribution in [2.24, 2.45) is 0 Å². The second-order valence-electron chi connectivity index (χ2n) is 11.0. The van der Waals surface area contributed by atoms with Crippen LogP contribution in [0, 0.1) is 0 Å². The van der Waals surface area contributed by atoms with E-state index in [2.05, 4.69) is 15.5 Å². The normalized spacial score (nSPS) is 23.0. The summed E-state index contributed by atoms with van der Waals surface area (Å²) in [6.07, 6.45) is 0.265. The average molecular weight is 590 g/mol. The number of anilines is 1. The smallest absolute Gasteiger partial charge is 0.328 e. The van der Waals surface area contributed by atoms with Crippen LogP contribution in [0.3, 0.4) is 0 Å². The Labute approximate surface area is 251 Å². The monoisotopic (exact) mass is 589 g/mol. The highest BCUT2D eigenvalue weighted by Gasteiger charge is 2.34. The maximum absolute atomic E-state index is 12.9. The number of hydrogen-bond donors (Lipinski definition) is 4. The molecule has 0 aromatic heterocycles. The molecule has 3 aromatic rings. The Hall–Kier alpha value is -3.80. The first-order chi connectivity index (χ1) is 20.9. The van der Waals surface area contributed by atoms with Gasteiger partial charge in [0.2, 0.25) is 0 Å². The first kappa shape index (κ1) is 30.7. The molecule has 43 heavy (non-hydrogen) atoms. The van der Waals surface area contributed by atoms with Gasteiger partial charge in [0.25, 0.3) is 0 Å². The second kappa shape index (κ2) is 14.6. The molecule has 2 amide bonds. The Morgan fingerprint density at radius 1 is 1.00 bits per heavy atom. The van der Waals surface area contributed by atoms with Gasteiger partial charge >= 0.3 is 12.0 Å². The van der Waals surface area contributed by atoms with Gasteiger partial charge in [0.15, 0.2) is 6.29 Å². The molecule has 228 valence electrons. The number of aliphatic hydroxyl groups excluding tert-OH is 2. The van der Waals surface area contributed by atoms with Gasteiger partial charge in [0.05, 0.1) is 32.0 Å². The van der Waals surface area contributed by atoms with Crippen LogP contribution in [0.5, 0.6) is 0 Å². The molecule has 0 spiro atoms. The van der Waals surface area contributed by atoms with Crippen LogP contribution in [0.25, 0.3) is 0 Å². The number of ether oxygens (including phenoxy) is 3. The number of carbonyl (C=O) groups is 2. The molecule has 3 aromatic carbocycles. The Morgan fingerprint density at radius 2 is 1.79 bits per heavy atom. The van der Waals surface area contributed by atoms with E-state index in [-0.39, 0.29) is 24.9 Å². The third-order valence-corrected chi connectivity index (χ3v) is 7.81. The zero-order valence-corrected chi connectivity index (χ0v) is 24.2. The number of likely N-dealkylation sites (tertiary alicyclic amines) is 1. The number of β-amino-alcohol motifs (C(OH)–C–C–N with tert-alkyl or cyclic N) is 1. The quantitative estimate of drug-likeness (QED) is 0.264. The summed E-state index contributed by atoms with van der Waals surface area (Å²) in [4.78, 5) is 27.5. The summed E-state index contributed by atoms with van der Waals surface area (Å²) >= 11 is 0. The van der Waals surface area contributed by atoms with Crippen molar-refractivity contribution < 1.29 is 34.0 Å². The summed E-state index contributed by atoms with van der Waals surface area (Å²) in [7, 11) is 1.29. The highest BCUT2D eigenvalue weighted by Crippen LogP contribution is 2.39. The number of amides is 2. The second-order valence-corrected chi connectivity index (χ2v) is 11.0. The van der Waals surface area contributed by atoms with Crippen molar-refractivity contribution >= 4 is 17.7 Å². The van der Waals surface area contributed by atoms with Crippen molar-refractivity contribution in [3.63, 3.8) is 0 Å². The summed E-state index contributed by atoms with van der Waals surface area (Å²) in [5, 5.41) is 25.0. The number of esters is 1. The molecule has 0 aliphatic carbocycles. The van der Waals surface area contributed by atoms with E-state index in [0.717, 1.165) is 35.2 Å². The molecule has 2 aliphatic heterocycles. The standard InChI is InChI=1S/C33H39N3O7/c1-41-31(39)29(16-22-6-3-2-4-7-22)35-33(40)34-26-9-5-8-25(17-26)32-42-28(20-36-15-14-27(38)19-36)18-30(43-32)24-12-10-23(21-37)11-13-24/h2-13,17,27-30,32,37-38H,14-16,18-21H2,1H3,(H2,34,35,40)/t27-,28-,29-,30+,32+/m0/s1. The fraction of sp³-hybridized carbons (Fsp3) is 0.394. The largest absolute Gasteiger partial charge is 0.467 e. The molecular weight excluding hydrogens is 550 g/mol. The van der Waals surface area contributed by atoms with Crippen LogP contribution in [-0.2, 0) is 32.0 Å². The highest BCUT2D eigenvalue weighted by molar-refractivity contribution is 5.92. The van der Waals surface area contributed by atoms with Gasteiger partial charge in [0, 0.05) is 43.7 Å². The zero-order chi connectivity index (χ0) is 30.2. The number of urea groups is 1. The van der Waals surface area contributed by atoms with Crippen LogP contribution in [0.2, 0.25) is 0 Å². The van der Waals surface area contributed by atoms with Crippen molar-refractivity contribution in [2.45, 2.75) is 56.5 Å². The van der Waals surface area contributed by atoms with Crippen LogP contribution in [0.4, 0.5) is 10.5 Å². The lowest BCUT2D eigenvalue weighted by Crippen LogP contribution is -2.45. The molecule has 2 fully saturated rings. The van der Waals surface area contributed by atoms with Gasteiger partial charge in [-0.3, -0.25) is 4.90 Å². The molecule has 2 saturated heterocycles. The Kier molecular flexibility index (Phi) is 10.4. The number of rotatable bonds is 10. The van der Waals surface area contributed by atoms with Gasteiger partial charge in [-0.2, -0.15) is 0 Å². The molecule has 10 heteroatoms. The van der Waals surface area contributed by atoms with Gasteiger partial charge in [-0.1, -0.05) is 66.7 Å². The summed E-state index contributed by atoms with van der Waals surface area (Å²) < 4.78 is 17.8. The maximum Gasteiger partial charge on any atom is 0.328 e. The molecule has 0 unspecified atom stereocenters. The lowest BCUT2D eigenvalue weighted by atomic mass is 9.99. The number of benzene rings is 3. The molecule has 5 atom stereocenters. The van der Waals surface area contributed by atoms with E-state index in [1.807, 2.05) is 66.7 Å². The van der Waals surface area contributed by atoms with Crippen molar-refractivity contribution in [1.82, 2.24) is 10.2 Å². The topological polar surface area (TPSA) is 130 Å². The summed E-state index contributed by atoms with van der Waals surface area (Å²) in [6, 6.07) is 22.9. The van der Waals surface area contributed by atoms with Gasteiger partial charge in [0.1, 0.15) is 6.04 Å². The van der Waals surface area contributed by atoms with Gasteiger partial charge in [-0.05, 0) is 35.2 Å². The fourth-order valence-electron chi connectivity index (χ4n) is 5.57. The summed E-state index contributed by atoms with van der Waals surface area (Å²) in [5.74, 6) is -0.536. The zero-order valence-electron chi connectivity index (χ0n) is 24.2. The predicted molar refractivity (Wildman–Crippen MR) is 160 cm³/mol. The molecule has 2 heterocycles. The van der Waals surface area contributed by atoms with E-state index >= 15 is 0 Å². The number of hydrogen-bond acceptors (Lipinski definition) is 8. The lowest BCUT2D eigenvalue weighted by Gasteiger charge is -2.38. The summed E-state index contributed by atoms with van der Waals surface area (Å²) in [6.45, 7) is 2.07. The number of methoxy groups -OCH3 is 1. The Balaban J connectivity index is 1.29. The number of nitrogens with one attached hydrogen (secondary N) is 2. The van der Waals surface area contributed by atoms with Crippen LogP contribution < -0.4 is 10.6 Å². The minimum Gasteiger partial charge on any atom is -0.467 e. The van der Waals surface area contributed by atoms with E-state index in [9.17, 15) is 19.8 Å². The lowest BCUT2D eigenvalue weighted by molar-refractivity contribution is -0.252. The van der Waals surface area contributed by atoms with Gasteiger partial charge in [-0.25, -0.2) is 9.59 Å². The molecule has 2 aliphatic rings. The van der Waals surface area contributed by atoms with Crippen LogP contribution >= 0.6 is 0 Å². The van der Waals surface area contributed by atoms with E-state index in [1.165, 1.54) is 7.11 Å². The Morgan fingerprint density at radius 3 is 2.49 bits per heavy atom. The van der Waals surface area contributed by atoms with Crippen LogP contribution in [0.15, 0.2) is 78.9 Å². The number of nitrogens with zero attached hydrogens (tertiary/aromatic N) is 1. The number of carbonyl (C=O) groups excluding carboxylic acids is 2. The number of aliphatic hydroxyl groups is 2. The first-order valence-electron chi connectivity index (χ1n) is 14.6. The van der Waals surface area contributed by atoms with Gasteiger partial charge in [-0.15, -0.1) is 0 Å². The molecule has 5 rings (SSSR count). The SMILES string of the molecule is COC(=O)[C@H](Cc1ccccc1)NC(=O)Nc1cccc([C@@H]2O[C@H](CN3CC[C@H](O)C3)C[C@H](c3ccc(CO)cc3)O2)c1. The fourth-order valence-corrected chi connectivity index (χ4v) is 5.57. The molecule has 0 radical (unpaired) electrons. The predicted octanol–water partition coefficient (Wildman–Crippen LogP) is 3.70. The average Bonchev–Trinajstić information content (AvgIpc) is 3.44. The van der Waals surface area contributed by atoms with Crippen molar-refractivity contribution in [3.05, 3.63) is 101 Å². The van der Waals surface area contributed by atoms with Crippen LogP contribution in [0.1, 0.15) is 47.5 Å². The van der Waals surface area contributed by atoms with E-state index in [0.29, 0.717) is 31.6 Å². The minimum atomic E-state index is -0.858. The van der Waals surface area contributed by atoms with E-state index in [4.69, 9.17) is 14.2 Å². The van der Waals surface area contributed by atoms with Crippen molar-refractivity contribution in [2.75, 3.05) is 32.1 Å². The molecule has 0 bridgehead atoms. The third-order valence-electron chi connectivity index (χ3n) is 7.81.